The summed E-state index contributed by atoms with van der Waals surface area (Å²) in [5.41, 5.74) is 2.21. The van der Waals surface area contributed by atoms with Crippen LogP contribution in [0.3, 0.4) is 0 Å². The van der Waals surface area contributed by atoms with Crippen LogP contribution in [-0.4, -0.2) is 5.78 Å². The quantitative estimate of drug-likeness (QED) is 0.739. The molecule has 0 unspecified atom stereocenters. The lowest BCUT2D eigenvalue weighted by Gasteiger charge is -2.27. The summed E-state index contributed by atoms with van der Waals surface area (Å²) in [5.74, 6) is 0.883. The average Bonchev–Trinajstić information content (AvgIpc) is 2.80. The lowest BCUT2D eigenvalue weighted by molar-refractivity contribution is 0.0992. The number of rotatable bonds is 4. The zero-order valence-corrected chi connectivity index (χ0v) is 11.1. The van der Waals surface area contributed by atoms with E-state index in [1.54, 1.807) is 11.3 Å². The first kappa shape index (κ1) is 11.7. The Kier molecular flexibility index (Phi) is 3.28. The number of benzene rings is 1. The minimum absolute atomic E-state index is 0.264. The van der Waals surface area contributed by atoms with Gasteiger partial charge in [0.2, 0.25) is 0 Å². The van der Waals surface area contributed by atoms with Crippen LogP contribution >= 0.6 is 11.3 Å². The zero-order chi connectivity index (χ0) is 12.4. The fourth-order valence-corrected chi connectivity index (χ4v) is 3.20. The van der Waals surface area contributed by atoms with Crippen molar-refractivity contribution in [1.29, 1.82) is 0 Å². The van der Waals surface area contributed by atoms with Crippen molar-refractivity contribution in [1.82, 2.24) is 0 Å². The van der Waals surface area contributed by atoms with Crippen LogP contribution in [0, 0.1) is 0 Å². The van der Waals surface area contributed by atoms with Crippen molar-refractivity contribution >= 4 is 17.1 Å². The number of hydrogen-bond donors (Lipinski definition) is 0. The molecule has 0 spiro atoms. The van der Waals surface area contributed by atoms with E-state index < -0.39 is 0 Å². The van der Waals surface area contributed by atoms with E-state index >= 15 is 0 Å². The van der Waals surface area contributed by atoms with Crippen LogP contribution in [0.15, 0.2) is 41.8 Å². The first-order valence-electron chi connectivity index (χ1n) is 6.49. The van der Waals surface area contributed by atoms with Crippen molar-refractivity contribution in [2.75, 3.05) is 0 Å². The third kappa shape index (κ3) is 2.25. The number of carbonyl (C=O) groups excluding carboxylic acids is 1. The SMILES string of the molecule is O=C(Cc1cccs1)c1ccccc1C1CCC1. The van der Waals surface area contributed by atoms with Gasteiger partial charge in [-0.05, 0) is 35.8 Å². The number of ketones is 1. The van der Waals surface area contributed by atoms with E-state index in [1.165, 1.54) is 24.8 Å². The third-order valence-corrected chi connectivity index (χ3v) is 4.60. The monoisotopic (exact) mass is 256 g/mol. The van der Waals surface area contributed by atoms with Gasteiger partial charge in [-0.15, -0.1) is 11.3 Å². The smallest absolute Gasteiger partial charge is 0.168 e. The van der Waals surface area contributed by atoms with Gasteiger partial charge < -0.3 is 0 Å². The summed E-state index contributed by atoms with van der Waals surface area (Å²) in [4.78, 5) is 13.5. The Morgan fingerprint density at radius 1 is 1.17 bits per heavy atom. The summed E-state index contributed by atoms with van der Waals surface area (Å²) in [6, 6.07) is 12.2. The highest BCUT2D eigenvalue weighted by atomic mass is 32.1. The molecule has 3 rings (SSSR count). The van der Waals surface area contributed by atoms with Crippen molar-refractivity contribution in [3.05, 3.63) is 57.8 Å². The van der Waals surface area contributed by atoms with E-state index in [9.17, 15) is 4.79 Å². The second-order valence-corrected chi connectivity index (χ2v) is 5.93. The van der Waals surface area contributed by atoms with E-state index in [4.69, 9.17) is 0 Å². The molecule has 1 aromatic heterocycles. The van der Waals surface area contributed by atoms with Gasteiger partial charge in [-0.2, -0.15) is 0 Å². The molecule has 92 valence electrons. The van der Waals surface area contributed by atoms with Gasteiger partial charge in [-0.3, -0.25) is 4.79 Å². The third-order valence-electron chi connectivity index (χ3n) is 3.72. The average molecular weight is 256 g/mol. The number of thiophene rings is 1. The minimum atomic E-state index is 0.264. The van der Waals surface area contributed by atoms with E-state index in [0.29, 0.717) is 12.3 Å². The normalized spacial score (nSPS) is 15.3. The van der Waals surface area contributed by atoms with Crippen LogP contribution in [0.2, 0.25) is 0 Å². The largest absolute Gasteiger partial charge is 0.294 e. The molecule has 0 aliphatic heterocycles. The summed E-state index contributed by atoms with van der Waals surface area (Å²) in [6.07, 6.45) is 4.33. The van der Waals surface area contributed by atoms with Crippen molar-refractivity contribution in [3.8, 4) is 0 Å². The maximum absolute atomic E-state index is 12.4. The highest BCUT2D eigenvalue weighted by Gasteiger charge is 2.24. The molecule has 0 bridgehead atoms. The van der Waals surface area contributed by atoms with Crippen LogP contribution in [-0.2, 0) is 6.42 Å². The van der Waals surface area contributed by atoms with Gasteiger partial charge in [-0.25, -0.2) is 0 Å². The maximum Gasteiger partial charge on any atom is 0.168 e. The van der Waals surface area contributed by atoms with E-state index in [0.717, 1.165) is 10.4 Å². The first-order chi connectivity index (χ1) is 8.84. The Morgan fingerprint density at radius 3 is 2.67 bits per heavy atom. The molecule has 0 amide bonds. The molecule has 0 radical (unpaired) electrons. The Balaban J connectivity index is 1.84. The molecule has 0 N–H and O–H groups in total. The van der Waals surface area contributed by atoms with Gasteiger partial charge in [-0.1, -0.05) is 36.8 Å². The molecule has 1 fully saturated rings. The van der Waals surface area contributed by atoms with Gasteiger partial charge in [0.15, 0.2) is 5.78 Å². The Labute approximate surface area is 111 Å². The minimum Gasteiger partial charge on any atom is -0.294 e. The predicted molar refractivity (Wildman–Crippen MR) is 75.4 cm³/mol. The summed E-state index contributed by atoms with van der Waals surface area (Å²) in [7, 11) is 0. The molecular weight excluding hydrogens is 240 g/mol. The van der Waals surface area contributed by atoms with Gasteiger partial charge in [0.1, 0.15) is 0 Å². The maximum atomic E-state index is 12.4. The van der Waals surface area contributed by atoms with E-state index in [2.05, 4.69) is 12.1 Å². The molecule has 2 heteroatoms. The van der Waals surface area contributed by atoms with Crippen molar-refractivity contribution in [3.63, 3.8) is 0 Å². The predicted octanol–water partition coefficient (Wildman–Crippen LogP) is 4.44. The molecule has 1 aliphatic rings. The summed E-state index contributed by atoms with van der Waals surface area (Å²) >= 11 is 1.66. The fourth-order valence-electron chi connectivity index (χ4n) is 2.49. The highest BCUT2D eigenvalue weighted by Crippen LogP contribution is 2.38. The topological polar surface area (TPSA) is 17.1 Å². The van der Waals surface area contributed by atoms with Gasteiger partial charge in [0.25, 0.3) is 0 Å². The summed E-state index contributed by atoms with van der Waals surface area (Å²) in [5, 5.41) is 2.03. The fraction of sp³-hybridized carbons (Fsp3) is 0.312. The van der Waals surface area contributed by atoms with Crippen molar-refractivity contribution in [2.24, 2.45) is 0 Å². The van der Waals surface area contributed by atoms with Crippen LogP contribution in [0.1, 0.15) is 46.0 Å². The van der Waals surface area contributed by atoms with Gasteiger partial charge in [0, 0.05) is 16.9 Å². The van der Waals surface area contributed by atoms with E-state index in [1.807, 2.05) is 29.6 Å². The second-order valence-electron chi connectivity index (χ2n) is 4.89. The van der Waals surface area contributed by atoms with Gasteiger partial charge >= 0.3 is 0 Å². The second kappa shape index (κ2) is 5.07. The Bertz CT molecular complexity index is 538. The van der Waals surface area contributed by atoms with Crippen LogP contribution < -0.4 is 0 Å². The molecule has 1 saturated carbocycles. The van der Waals surface area contributed by atoms with Crippen molar-refractivity contribution < 1.29 is 4.79 Å². The molecule has 1 aromatic carbocycles. The molecule has 0 atom stereocenters. The number of carbonyl (C=O) groups is 1. The lowest BCUT2D eigenvalue weighted by atomic mass is 9.77. The number of hydrogen-bond acceptors (Lipinski definition) is 2. The Hall–Kier alpha value is -1.41. The molecule has 18 heavy (non-hydrogen) atoms. The summed E-state index contributed by atoms with van der Waals surface area (Å²) in [6.45, 7) is 0. The van der Waals surface area contributed by atoms with E-state index in [-0.39, 0.29) is 5.78 Å². The zero-order valence-electron chi connectivity index (χ0n) is 10.3. The Morgan fingerprint density at radius 2 is 2.00 bits per heavy atom. The molecule has 1 aliphatic carbocycles. The standard InChI is InChI=1S/C16H16OS/c17-16(11-13-7-4-10-18-13)15-9-2-1-8-14(15)12-5-3-6-12/h1-2,4,7-10,12H,3,5-6,11H2. The van der Waals surface area contributed by atoms with Crippen LogP contribution in [0.4, 0.5) is 0 Å². The molecule has 1 heterocycles. The molecule has 0 saturated heterocycles. The highest BCUT2D eigenvalue weighted by molar-refractivity contribution is 7.10. The number of Topliss-reactive ketones (excluding diaryl/α,β-unsaturated/α-hetero) is 1. The summed E-state index contributed by atoms with van der Waals surface area (Å²) < 4.78 is 0. The molecule has 2 aromatic rings. The molecular formula is C16H16OS. The first-order valence-corrected chi connectivity index (χ1v) is 7.37. The molecule has 1 nitrogen and oxygen atoms in total. The van der Waals surface area contributed by atoms with Gasteiger partial charge in [0.05, 0.1) is 0 Å². The van der Waals surface area contributed by atoms with Crippen LogP contribution in [0.5, 0.6) is 0 Å². The van der Waals surface area contributed by atoms with Crippen LogP contribution in [0.25, 0.3) is 0 Å². The lowest BCUT2D eigenvalue weighted by Crippen LogP contribution is -2.14. The van der Waals surface area contributed by atoms with Crippen molar-refractivity contribution in [2.45, 2.75) is 31.6 Å².